The van der Waals surface area contributed by atoms with E-state index in [2.05, 4.69) is 22.3 Å². The molecule has 2 aliphatic heterocycles. The second-order valence-corrected chi connectivity index (χ2v) is 6.67. The average molecular weight is 277 g/mol. The molecular formula is C16H21ClN2. The fraction of sp³-hybridized carbons (Fsp3) is 0.625. The van der Waals surface area contributed by atoms with E-state index < -0.39 is 0 Å². The first kappa shape index (κ1) is 11.9. The van der Waals surface area contributed by atoms with Crippen molar-refractivity contribution >= 4 is 23.0 Å². The summed E-state index contributed by atoms with van der Waals surface area (Å²) in [5.74, 6) is 0.912. The van der Waals surface area contributed by atoms with Gasteiger partial charge in [-0.25, -0.2) is 0 Å². The molecule has 3 heteroatoms. The van der Waals surface area contributed by atoms with Crippen LogP contribution in [0.4, 0.5) is 11.4 Å². The summed E-state index contributed by atoms with van der Waals surface area (Å²) in [5, 5.41) is 4.42. The van der Waals surface area contributed by atoms with Gasteiger partial charge >= 0.3 is 0 Å². The van der Waals surface area contributed by atoms with Crippen LogP contribution in [0, 0.1) is 5.92 Å². The van der Waals surface area contributed by atoms with Crippen LogP contribution in [0.2, 0.25) is 5.02 Å². The molecule has 0 bridgehead atoms. The minimum Gasteiger partial charge on any atom is -0.380 e. The summed E-state index contributed by atoms with van der Waals surface area (Å²) in [6.45, 7) is 1.06. The molecule has 2 nitrogen and oxygen atoms in total. The van der Waals surface area contributed by atoms with E-state index in [1.54, 1.807) is 0 Å². The second-order valence-electron chi connectivity index (χ2n) is 6.27. The van der Waals surface area contributed by atoms with Crippen LogP contribution in [0.5, 0.6) is 0 Å². The maximum absolute atomic E-state index is 6.36. The first-order chi connectivity index (χ1) is 9.34. The standard InChI is InChI=1S/C16H21ClN2/c17-13-5-3-7-15-16(13)18-10-12-9-8-11-4-1-2-6-14(11)19(12)15/h3,5,7,11-12,14,18H,1-2,4,6,8-10H2. The maximum atomic E-state index is 6.36. The van der Waals surface area contributed by atoms with Crippen LogP contribution < -0.4 is 10.2 Å². The fourth-order valence-electron chi connectivity index (χ4n) is 4.41. The Morgan fingerprint density at radius 3 is 2.95 bits per heavy atom. The SMILES string of the molecule is Clc1cccc2c1NCC1CCC3CCCCC3N21. The molecule has 1 aliphatic carbocycles. The lowest BCUT2D eigenvalue weighted by Crippen LogP contribution is -2.56. The smallest absolute Gasteiger partial charge is 0.0768 e. The fourth-order valence-corrected chi connectivity index (χ4v) is 4.64. The molecule has 0 radical (unpaired) electrons. The van der Waals surface area contributed by atoms with Gasteiger partial charge in [0.15, 0.2) is 0 Å². The topological polar surface area (TPSA) is 15.3 Å². The highest BCUT2D eigenvalue weighted by molar-refractivity contribution is 6.34. The third-order valence-corrected chi connectivity index (χ3v) is 5.59. The van der Waals surface area contributed by atoms with Crippen molar-refractivity contribution in [1.29, 1.82) is 0 Å². The molecule has 1 aromatic carbocycles. The van der Waals surface area contributed by atoms with Gasteiger partial charge in [-0.2, -0.15) is 0 Å². The van der Waals surface area contributed by atoms with Gasteiger partial charge in [-0.3, -0.25) is 0 Å². The van der Waals surface area contributed by atoms with Crippen molar-refractivity contribution in [3.63, 3.8) is 0 Å². The van der Waals surface area contributed by atoms with Crippen molar-refractivity contribution in [3.8, 4) is 0 Å². The van der Waals surface area contributed by atoms with Crippen molar-refractivity contribution in [2.75, 3.05) is 16.8 Å². The van der Waals surface area contributed by atoms with E-state index in [0.29, 0.717) is 6.04 Å². The number of nitrogens with zero attached hydrogens (tertiary/aromatic N) is 1. The lowest BCUT2D eigenvalue weighted by Gasteiger charge is -2.52. The van der Waals surface area contributed by atoms with Crippen LogP contribution in [0.1, 0.15) is 38.5 Å². The Morgan fingerprint density at radius 1 is 1.11 bits per heavy atom. The quantitative estimate of drug-likeness (QED) is 0.760. The molecule has 4 rings (SSSR count). The molecule has 2 heterocycles. The van der Waals surface area contributed by atoms with Gasteiger partial charge in [0, 0.05) is 18.6 Å². The van der Waals surface area contributed by atoms with Crippen LogP contribution in [-0.2, 0) is 0 Å². The first-order valence-corrected chi connectivity index (χ1v) is 8.03. The molecule has 3 unspecified atom stereocenters. The average Bonchev–Trinajstić information content (AvgIpc) is 2.47. The summed E-state index contributed by atoms with van der Waals surface area (Å²) in [7, 11) is 0. The van der Waals surface area contributed by atoms with Crippen LogP contribution in [0.3, 0.4) is 0 Å². The zero-order valence-electron chi connectivity index (χ0n) is 11.2. The van der Waals surface area contributed by atoms with Crippen LogP contribution in [-0.4, -0.2) is 18.6 Å². The maximum Gasteiger partial charge on any atom is 0.0768 e. The summed E-state index contributed by atoms with van der Waals surface area (Å²) in [6, 6.07) is 7.77. The van der Waals surface area contributed by atoms with E-state index >= 15 is 0 Å². The van der Waals surface area contributed by atoms with Gasteiger partial charge in [0.05, 0.1) is 16.4 Å². The normalized spacial score (nSPS) is 32.9. The molecule has 2 fully saturated rings. The zero-order valence-corrected chi connectivity index (χ0v) is 12.0. The van der Waals surface area contributed by atoms with Crippen molar-refractivity contribution in [2.45, 2.75) is 50.6 Å². The number of piperidine rings is 1. The van der Waals surface area contributed by atoms with Crippen molar-refractivity contribution in [2.24, 2.45) is 5.92 Å². The highest BCUT2D eigenvalue weighted by Crippen LogP contribution is 2.46. The molecule has 1 aromatic rings. The molecule has 0 aromatic heterocycles. The molecule has 19 heavy (non-hydrogen) atoms. The molecule has 1 saturated carbocycles. The Balaban J connectivity index is 1.76. The third-order valence-electron chi connectivity index (χ3n) is 5.27. The predicted octanol–water partition coefficient (Wildman–Crippen LogP) is 4.29. The third kappa shape index (κ3) is 1.84. The molecule has 1 saturated heterocycles. The van der Waals surface area contributed by atoms with Crippen LogP contribution in [0.25, 0.3) is 0 Å². The highest BCUT2D eigenvalue weighted by Gasteiger charge is 2.41. The predicted molar refractivity (Wildman–Crippen MR) is 81.2 cm³/mol. The zero-order chi connectivity index (χ0) is 12.8. The number of halogens is 1. The van der Waals surface area contributed by atoms with E-state index in [9.17, 15) is 0 Å². The van der Waals surface area contributed by atoms with E-state index in [-0.39, 0.29) is 0 Å². The second kappa shape index (κ2) is 4.59. The first-order valence-electron chi connectivity index (χ1n) is 7.65. The molecular weight excluding hydrogens is 256 g/mol. The molecule has 102 valence electrons. The van der Waals surface area contributed by atoms with E-state index in [1.807, 2.05) is 6.07 Å². The van der Waals surface area contributed by atoms with Gasteiger partial charge in [-0.15, -0.1) is 0 Å². The number of fused-ring (bicyclic) bond motifs is 5. The number of hydrogen-bond donors (Lipinski definition) is 1. The molecule has 3 aliphatic rings. The van der Waals surface area contributed by atoms with Crippen molar-refractivity contribution < 1.29 is 0 Å². The number of nitrogens with one attached hydrogen (secondary N) is 1. The largest absolute Gasteiger partial charge is 0.380 e. The van der Waals surface area contributed by atoms with Gasteiger partial charge in [0.1, 0.15) is 0 Å². The summed E-state index contributed by atoms with van der Waals surface area (Å²) in [4.78, 5) is 2.71. The van der Waals surface area contributed by atoms with E-state index in [4.69, 9.17) is 11.6 Å². The van der Waals surface area contributed by atoms with Crippen LogP contribution >= 0.6 is 11.6 Å². The number of rotatable bonds is 0. The highest BCUT2D eigenvalue weighted by atomic mass is 35.5. The monoisotopic (exact) mass is 276 g/mol. The van der Waals surface area contributed by atoms with Gasteiger partial charge < -0.3 is 10.2 Å². The molecule has 3 atom stereocenters. The van der Waals surface area contributed by atoms with Gasteiger partial charge in [0.2, 0.25) is 0 Å². The van der Waals surface area contributed by atoms with Crippen molar-refractivity contribution in [1.82, 2.24) is 0 Å². The summed E-state index contributed by atoms with van der Waals surface area (Å²) < 4.78 is 0. The summed E-state index contributed by atoms with van der Waals surface area (Å²) >= 11 is 6.36. The molecule has 0 spiro atoms. The molecule has 0 amide bonds. The lowest BCUT2D eigenvalue weighted by atomic mass is 9.75. The Hall–Kier alpha value is -0.890. The van der Waals surface area contributed by atoms with E-state index in [0.717, 1.165) is 29.2 Å². The Kier molecular flexibility index (Phi) is 2.87. The van der Waals surface area contributed by atoms with Gasteiger partial charge in [-0.1, -0.05) is 30.5 Å². The number of para-hydroxylation sites is 1. The molecule has 1 N–H and O–H groups in total. The minimum atomic E-state index is 0.672. The van der Waals surface area contributed by atoms with Gasteiger partial charge in [0.25, 0.3) is 0 Å². The van der Waals surface area contributed by atoms with Crippen molar-refractivity contribution in [3.05, 3.63) is 23.2 Å². The Bertz CT molecular complexity index is 488. The van der Waals surface area contributed by atoms with E-state index in [1.165, 1.54) is 44.2 Å². The minimum absolute atomic E-state index is 0.672. The number of anilines is 2. The number of benzene rings is 1. The Labute approximate surface area is 120 Å². The lowest BCUT2D eigenvalue weighted by molar-refractivity contribution is 0.215. The summed E-state index contributed by atoms with van der Waals surface area (Å²) in [6.07, 6.45) is 8.38. The van der Waals surface area contributed by atoms with Gasteiger partial charge in [-0.05, 0) is 43.7 Å². The Morgan fingerprint density at radius 2 is 2.00 bits per heavy atom. The number of hydrogen-bond acceptors (Lipinski definition) is 2. The van der Waals surface area contributed by atoms with Crippen LogP contribution in [0.15, 0.2) is 18.2 Å². The summed E-state index contributed by atoms with van der Waals surface area (Å²) in [5.41, 5.74) is 2.51.